The van der Waals surface area contributed by atoms with Crippen molar-refractivity contribution < 1.29 is 9.59 Å². The first-order chi connectivity index (χ1) is 15.1. The van der Waals surface area contributed by atoms with Crippen molar-refractivity contribution in [2.24, 2.45) is 28.7 Å². The normalized spacial score (nSPS) is 26.5. The van der Waals surface area contributed by atoms with E-state index < -0.39 is 0 Å². The summed E-state index contributed by atoms with van der Waals surface area (Å²) in [6, 6.07) is 10.4. The molecule has 1 saturated carbocycles. The van der Waals surface area contributed by atoms with Gasteiger partial charge >= 0.3 is 0 Å². The minimum Gasteiger partial charge on any atom is -0.372 e. The van der Waals surface area contributed by atoms with Crippen LogP contribution in [0.4, 0.5) is 5.69 Å². The van der Waals surface area contributed by atoms with E-state index in [9.17, 15) is 9.59 Å². The van der Waals surface area contributed by atoms with Crippen LogP contribution < -0.4 is 15.5 Å². The van der Waals surface area contributed by atoms with Crippen molar-refractivity contribution in [1.82, 2.24) is 15.5 Å². The number of amides is 2. The van der Waals surface area contributed by atoms with Gasteiger partial charge in [-0.1, -0.05) is 30.4 Å². The monoisotopic (exact) mass is 423 g/mol. The summed E-state index contributed by atoms with van der Waals surface area (Å²) in [4.78, 5) is 33.6. The molecule has 1 saturated heterocycles. The summed E-state index contributed by atoms with van der Waals surface area (Å²) in [5.41, 5.74) is 1.24. The smallest absolute Gasteiger partial charge is 0.233 e. The van der Waals surface area contributed by atoms with E-state index in [-0.39, 0.29) is 35.5 Å². The third-order valence-electron chi connectivity index (χ3n) is 6.81. The molecule has 0 aromatic heterocycles. The molecule has 3 aliphatic rings. The fourth-order valence-electron chi connectivity index (χ4n) is 5.28. The van der Waals surface area contributed by atoms with Crippen LogP contribution in [0.5, 0.6) is 0 Å². The van der Waals surface area contributed by atoms with E-state index in [0.29, 0.717) is 19.0 Å². The molecule has 2 N–H and O–H groups in total. The standard InChI is InChI=1S/C24H33N5O2/c1-3-28(19-8-5-4-6-9-19)14-7-12-26-24(25-2)27-13-15-29-22(30)20-17-10-11-18(16-17)21(20)23(29)31/h4-6,8-11,17-18,20-21H,3,7,12-16H2,1-2H3,(H2,25,26,27). The van der Waals surface area contributed by atoms with Crippen LogP contribution in [0.15, 0.2) is 47.5 Å². The quantitative estimate of drug-likeness (QED) is 0.209. The second kappa shape index (κ2) is 9.54. The van der Waals surface area contributed by atoms with Crippen LogP contribution >= 0.6 is 0 Å². The lowest BCUT2D eigenvalue weighted by atomic mass is 9.85. The Hall–Kier alpha value is -2.83. The van der Waals surface area contributed by atoms with Gasteiger partial charge in [0.05, 0.1) is 11.8 Å². The number of carbonyl (C=O) groups excluding carboxylic acids is 2. The average molecular weight is 424 g/mol. The number of carbonyl (C=O) groups is 2. The molecule has 4 unspecified atom stereocenters. The predicted octanol–water partition coefficient (Wildman–Crippen LogP) is 1.88. The van der Waals surface area contributed by atoms with Gasteiger partial charge in [-0.2, -0.15) is 0 Å². The third kappa shape index (κ3) is 4.31. The number of para-hydroxylation sites is 1. The molecule has 0 spiro atoms. The molecule has 2 fully saturated rings. The van der Waals surface area contributed by atoms with Crippen LogP contribution in [-0.2, 0) is 9.59 Å². The van der Waals surface area contributed by atoms with Crippen molar-refractivity contribution >= 4 is 23.5 Å². The first kappa shape index (κ1) is 21.4. The fraction of sp³-hybridized carbons (Fsp3) is 0.542. The Morgan fingerprint density at radius 3 is 2.32 bits per heavy atom. The molecule has 2 bridgehead atoms. The molecule has 2 aliphatic carbocycles. The molecule has 4 atom stereocenters. The molecule has 0 radical (unpaired) electrons. The van der Waals surface area contributed by atoms with E-state index in [0.717, 1.165) is 32.5 Å². The van der Waals surface area contributed by atoms with Gasteiger partial charge in [0.1, 0.15) is 0 Å². The van der Waals surface area contributed by atoms with Crippen LogP contribution in [0.3, 0.4) is 0 Å². The number of benzene rings is 1. The number of fused-ring (bicyclic) bond motifs is 5. The number of allylic oxidation sites excluding steroid dienone is 2. The van der Waals surface area contributed by atoms with Crippen LogP contribution in [0.1, 0.15) is 19.8 Å². The summed E-state index contributed by atoms with van der Waals surface area (Å²) in [5.74, 6) is 1.00. The zero-order valence-corrected chi connectivity index (χ0v) is 18.5. The molecule has 31 heavy (non-hydrogen) atoms. The zero-order chi connectivity index (χ0) is 21.8. The first-order valence-electron chi connectivity index (χ1n) is 11.4. The number of rotatable bonds is 9. The van der Waals surface area contributed by atoms with E-state index in [1.807, 2.05) is 6.07 Å². The summed E-state index contributed by atoms with van der Waals surface area (Å²) in [6.07, 6.45) is 6.20. The Bertz CT molecular complexity index is 823. The lowest BCUT2D eigenvalue weighted by Crippen LogP contribution is -2.44. The van der Waals surface area contributed by atoms with Crippen LogP contribution in [0.25, 0.3) is 0 Å². The maximum atomic E-state index is 12.7. The number of nitrogens with one attached hydrogen (secondary N) is 2. The second-order valence-corrected chi connectivity index (χ2v) is 8.52. The van der Waals surface area contributed by atoms with E-state index in [1.54, 1.807) is 7.05 Å². The lowest BCUT2D eigenvalue weighted by molar-refractivity contribution is -0.140. The number of guanidine groups is 1. The lowest BCUT2D eigenvalue weighted by Gasteiger charge is -2.23. The zero-order valence-electron chi connectivity index (χ0n) is 18.5. The average Bonchev–Trinajstić information content (AvgIpc) is 3.48. The SMILES string of the molecule is CCN(CCCNC(=NC)NCCN1C(=O)C2C3C=CC(C3)C2C1=O)c1ccccc1. The van der Waals surface area contributed by atoms with Gasteiger partial charge in [-0.25, -0.2) is 0 Å². The van der Waals surface area contributed by atoms with Gasteiger partial charge in [0.2, 0.25) is 11.8 Å². The number of hydrogen-bond donors (Lipinski definition) is 2. The van der Waals surface area contributed by atoms with Crippen molar-refractivity contribution in [2.45, 2.75) is 19.8 Å². The number of aliphatic imine (C=N–C) groups is 1. The molecule has 4 rings (SSSR count). The maximum absolute atomic E-state index is 12.7. The highest BCUT2D eigenvalue weighted by Gasteiger charge is 2.58. The van der Waals surface area contributed by atoms with E-state index in [4.69, 9.17) is 0 Å². The van der Waals surface area contributed by atoms with Crippen molar-refractivity contribution in [3.63, 3.8) is 0 Å². The summed E-state index contributed by atoms with van der Waals surface area (Å²) in [5, 5.41) is 6.56. The van der Waals surface area contributed by atoms with E-state index in [1.165, 1.54) is 10.6 Å². The van der Waals surface area contributed by atoms with Crippen LogP contribution in [-0.4, -0.2) is 62.4 Å². The third-order valence-corrected chi connectivity index (χ3v) is 6.81. The van der Waals surface area contributed by atoms with E-state index in [2.05, 4.69) is 63.9 Å². The van der Waals surface area contributed by atoms with Crippen molar-refractivity contribution in [2.75, 3.05) is 44.7 Å². The molecule has 7 nitrogen and oxygen atoms in total. The topological polar surface area (TPSA) is 77.0 Å². The highest BCUT2D eigenvalue weighted by atomic mass is 16.2. The highest BCUT2D eigenvalue weighted by Crippen LogP contribution is 2.52. The van der Waals surface area contributed by atoms with Crippen LogP contribution in [0.2, 0.25) is 0 Å². The largest absolute Gasteiger partial charge is 0.372 e. The van der Waals surface area contributed by atoms with Gasteiger partial charge in [0.15, 0.2) is 5.96 Å². The van der Waals surface area contributed by atoms with Gasteiger partial charge < -0.3 is 15.5 Å². The van der Waals surface area contributed by atoms with Crippen molar-refractivity contribution in [1.29, 1.82) is 0 Å². The van der Waals surface area contributed by atoms with Gasteiger partial charge in [0, 0.05) is 45.5 Å². The molecule has 166 valence electrons. The van der Waals surface area contributed by atoms with Crippen LogP contribution in [0, 0.1) is 23.7 Å². The summed E-state index contributed by atoms with van der Waals surface area (Å²) >= 11 is 0. The Morgan fingerprint density at radius 1 is 1.06 bits per heavy atom. The van der Waals surface area contributed by atoms with E-state index >= 15 is 0 Å². The summed E-state index contributed by atoms with van der Waals surface area (Å²) in [7, 11) is 1.73. The minimum atomic E-state index is -0.119. The Morgan fingerprint density at radius 2 is 1.71 bits per heavy atom. The maximum Gasteiger partial charge on any atom is 0.233 e. The fourth-order valence-corrected chi connectivity index (χ4v) is 5.28. The highest BCUT2D eigenvalue weighted by molar-refractivity contribution is 6.06. The van der Waals surface area contributed by atoms with Gasteiger partial charge in [-0.15, -0.1) is 0 Å². The summed E-state index contributed by atoms with van der Waals surface area (Å²) in [6.45, 7) is 5.78. The molecule has 1 aromatic rings. The Kier molecular flexibility index (Phi) is 6.59. The minimum absolute atomic E-state index is 0.0113. The van der Waals surface area contributed by atoms with Gasteiger partial charge in [-0.3, -0.25) is 19.5 Å². The molecule has 2 amide bonds. The molecule has 7 heteroatoms. The summed E-state index contributed by atoms with van der Waals surface area (Å²) < 4.78 is 0. The Labute approximate surface area is 184 Å². The molecule has 1 aromatic carbocycles. The van der Waals surface area contributed by atoms with Crippen molar-refractivity contribution in [3.05, 3.63) is 42.5 Å². The molecular formula is C24H33N5O2. The first-order valence-corrected chi connectivity index (χ1v) is 11.4. The molecular weight excluding hydrogens is 390 g/mol. The van der Waals surface area contributed by atoms with Crippen molar-refractivity contribution in [3.8, 4) is 0 Å². The number of imide groups is 1. The predicted molar refractivity (Wildman–Crippen MR) is 123 cm³/mol. The number of anilines is 1. The number of nitrogens with zero attached hydrogens (tertiary/aromatic N) is 3. The Balaban J connectivity index is 1.18. The second-order valence-electron chi connectivity index (χ2n) is 8.52. The molecule has 1 aliphatic heterocycles. The van der Waals surface area contributed by atoms with Gasteiger partial charge in [0.25, 0.3) is 0 Å². The number of likely N-dealkylation sites (tertiary alicyclic amines) is 1. The molecule has 1 heterocycles. The number of hydrogen-bond acceptors (Lipinski definition) is 4. The van der Waals surface area contributed by atoms with Gasteiger partial charge in [-0.05, 0) is 43.7 Å².